The quantitative estimate of drug-likeness (QED) is 0.724. The smallest absolute Gasteiger partial charge is 0.0474 e. The standard InChI is InChI=1S/C12H23NO/c1-12(2)5-3-4-10(7-12)13-11-6-9(11)8-14/h9-11,13-14H,3-8H2,1-2H3. The first-order valence-corrected chi connectivity index (χ1v) is 5.98. The van der Waals surface area contributed by atoms with E-state index in [2.05, 4.69) is 19.2 Å². The molecule has 3 atom stereocenters. The molecule has 2 aliphatic carbocycles. The molecule has 0 saturated heterocycles. The van der Waals surface area contributed by atoms with Crippen molar-refractivity contribution in [3.05, 3.63) is 0 Å². The second kappa shape index (κ2) is 3.82. The largest absolute Gasteiger partial charge is 0.396 e. The molecule has 0 amide bonds. The van der Waals surface area contributed by atoms with Gasteiger partial charge < -0.3 is 10.4 Å². The van der Waals surface area contributed by atoms with E-state index in [1.54, 1.807) is 0 Å². The van der Waals surface area contributed by atoms with Crippen LogP contribution in [0.1, 0.15) is 46.0 Å². The molecule has 2 rings (SSSR count). The van der Waals surface area contributed by atoms with E-state index in [1.165, 1.54) is 32.1 Å². The summed E-state index contributed by atoms with van der Waals surface area (Å²) >= 11 is 0. The molecule has 2 nitrogen and oxygen atoms in total. The second-order valence-electron chi connectivity index (χ2n) is 5.91. The Hall–Kier alpha value is -0.0800. The van der Waals surface area contributed by atoms with Crippen molar-refractivity contribution in [2.24, 2.45) is 11.3 Å². The van der Waals surface area contributed by atoms with Gasteiger partial charge in [-0.3, -0.25) is 0 Å². The Balaban J connectivity index is 1.76. The summed E-state index contributed by atoms with van der Waals surface area (Å²) in [5.74, 6) is 0.556. The van der Waals surface area contributed by atoms with Gasteiger partial charge in [0.1, 0.15) is 0 Å². The van der Waals surface area contributed by atoms with Crippen molar-refractivity contribution in [1.29, 1.82) is 0 Å². The van der Waals surface area contributed by atoms with Gasteiger partial charge in [-0.1, -0.05) is 20.3 Å². The molecule has 0 aromatic rings. The van der Waals surface area contributed by atoms with Gasteiger partial charge in [-0.2, -0.15) is 0 Å². The van der Waals surface area contributed by atoms with Gasteiger partial charge in [-0.15, -0.1) is 0 Å². The molecular weight excluding hydrogens is 174 g/mol. The summed E-state index contributed by atoms with van der Waals surface area (Å²) < 4.78 is 0. The van der Waals surface area contributed by atoms with Crippen LogP contribution in [0.3, 0.4) is 0 Å². The first kappa shape index (κ1) is 10.4. The van der Waals surface area contributed by atoms with Crippen molar-refractivity contribution < 1.29 is 5.11 Å². The molecule has 2 N–H and O–H groups in total. The lowest BCUT2D eigenvalue weighted by Gasteiger charge is -2.35. The van der Waals surface area contributed by atoms with E-state index < -0.39 is 0 Å². The number of nitrogens with one attached hydrogen (secondary N) is 1. The lowest BCUT2D eigenvalue weighted by molar-refractivity contribution is 0.193. The molecule has 0 aromatic heterocycles. The van der Waals surface area contributed by atoms with Crippen molar-refractivity contribution in [2.75, 3.05) is 6.61 Å². The van der Waals surface area contributed by atoms with Gasteiger partial charge in [-0.05, 0) is 37.0 Å². The molecule has 3 unspecified atom stereocenters. The summed E-state index contributed by atoms with van der Waals surface area (Å²) in [6.45, 7) is 5.11. The average molecular weight is 197 g/mol. The van der Waals surface area contributed by atoms with E-state index in [1.807, 2.05) is 0 Å². The molecular formula is C12H23NO. The van der Waals surface area contributed by atoms with E-state index >= 15 is 0 Å². The lowest BCUT2D eigenvalue weighted by Crippen LogP contribution is -2.39. The van der Waals surface area contributed by atoms with Gasteiger partial charge in [0.15, 0.2) is 0 Å². The number of rotatable bonds is 3. The Morgan fingerprint density at radius 1 is 1.43 bits per heavy atom. The third-order valence-corrected chi connectivity index (χ3v) is 3.81. The number of aliphatic hydroxyl groups is 1. The molecule has 0 radical (unpaired) electrons. The van der Waals surface area contributed by atoms with Crippen LogP contribution in [-0.4, -0.2) is 23.8 Å². The molecule has 2 saturated carbocycles. The summed E-state index contributed by atoms with van der Waals surface area (Å²) in [5.41, 5.74) is 0.527. The van der Waals surface area contributed by atoms with Crippen LogP contribution in [0.25, 0.3) is 0 Å². The summed E-state index contributed by atoms with van der Waals surface area (Å²) in [7, 11) is 0. The maximum Gasteiger partial charge on any atom is 0.0474 e. The van der Waals surface area contributed by atoms with E-state index in [4.69, 9.17) is 5.11 Å². The number of hydrogen-bond donors (Lipinski definition) is 2. The molecule has 0 bridgehead atoms. The number of aliphatic hydroxyl groups excluding tert-OH is 1. The zero-order chi connectivity index (χ0) is 10.2. The Labute approximate surface area is 87.1 Å². The van der Waals surface area contributed by atoms with E-state index in [9.17, 15) is 0 Å². The fraction of sp³-hybridized carbons (Fsp3) is 1.00. The van der Waals surface area contributed by atoms with Crippen molar-refractivity contribution in [3.8, 4) is 0 Å². The molecule has 0 heterocycles. The molecule has 0 aliphatic heterocycles. The fourth-order valence-electron chi connectivity index (χ4n) is 2.80. The average Bonchev–Trinajstić information content (AvgIpc) is 2.81. The van der Waals surface area contributed by atoms with Gasteiger partial charge in [0.2, 0.25) is 0 Å². The van der Waals surface area contributed by atoms with Crippen LogP contribution in [0.5, 0.6) is 0 Å². The summed E-state index contributed by atoms with van der Waals surface area (Å²) in [6.07, 6.45) is 6.56. The van der Waals surface area contributed by atoms with Crippen molar-refractivity contribution in [1.82, 2.24) is 5.32 Å². The highest BCUT2D eigenvalue weighted by molar-refractivity contribution is 4.96. The van der Waals surface area contributed by atoms with Crippen LogP contribution in [0.15, 0.2) is 0 Å². The zero-order valence-electron chi connectivity index (χ0n) is 9.42. The van der Waals surface area contributed by atoms with Gasteiger partial charge in [0.05, 0.1) is 0 Å². The van der Waals surface area contributed by atoms with Crippen molar-refractivity contribution in [2.45, 2.75) is 58.0 Å². The van der Waals surface area contributed by atoms with Gasteiger partial charge in [0.25, 0.3) is 0 Å². The normalized spacial score (nSPS) is 40.9. The SMILES string of the molecule is CC1(C)CCCC(NC2CC2CO)C1. The predicted octanol–water partition coefficient (Wildman–Crippen LogP) is 1.93. The Kier molecular flexibility index (Phi) is 2.85. The minimum Gasteiger partial charge on any atom is -0.396 e. The van der Waals surface area contributed by atoms with Gasteiger partial charge in [0, 0.05) is 18.7 Å². The van der Waals surface area contributed by atoms with Gasteiger partial charge >= 0.3 is 0 Å². The molecule has 2 heteroatoms. The van der Waals surface area contributed by atoms with Gasteiger partial charge in [-0.25, -0.2) is 0 Å². The molecule has 2 aliphatic rings. The Morgan fingerprint density at radius 2 is 2.21 bits per heavy atom. The maximum atomic E-state index is 8.97. The molecule has 0 spiro atoms. The topological polar surface area (TPSA) is 32.3 Å². The summed E-state index contributed by atoms with van der Waals surface area (Å²) in [6, 6.07) is 1.33. The third-order valence-electron chi connectivity index (χ3n) is 3.81. The van der Waals surface area contributed by atoms with Crippen LogP contribution >= 0.6 is 0 Å². The van der Waals surface area contributed by atoms with Crippen LogP contribution in [0, 0.1) is 11.3 Å². The Bertz CT molecular complexity index is 202. The molecule has 2 fully saturated rings. The van der Waals surface area contributed by atoms with E-state index in [0.717, 1.165) is 0 Å². The van der Waals surface area contributed by atoms with Crippen LogP contribution in [-0.2, 0) is 0 Å². The monoisotopic (exact) mass is 197 g/mol. The van der Waals surface area contributed by atoms with Crippen molar-refractivity contribution >= 4 is 0 Å². The highest BCUT2D eigenvalue weighted by atomic mass is 16.3. The highest BCUT2D eigenvalue weighted by Crippen LogP contribution is 2.37. The molecule has 14 heavy (non-hydrogen) atoms. The minimum absolute atomic E-state index is 0.369. The zero-order valence-corrected chi connectivity index (χ0v) is 9.42. The van der Waals surface area contributed by atoms with E-state index in [0.29, 0.717) is 30.0 Å². The third kappa shape index (κ3) is 2.48. The molecule has 82 valence electrons. The maximum absolute atomic E-state index is 8.97. The Morgan fingerprint density at radius 3 is 2.79 bits per heavy atom. The fourth-order valence-corrected chi connectivity index (χ4v) is 2.80. The van der Waals surface area contributed by atoms with Crippen LogP contribution in [0.2, 0.25) is 0 Å². The lowest BCUT2D eigenvalue weighted by atomic mass is 9.75. The first-order valence-electron chi connectivity index (χ1n) is 5.98. The second-order valence-corrected chi connectivity index (χ2v) is 5.91. The van der Waals surface area contributed by atoms with Crippen LogP contribution in [0.4, 0.5) is 0 Å². The predicted molar refractivity (Wildman–Crippen MR) is 58.2 cm³/mol. The van der Waals surface area contributed by atoms with Crippen molar-refractivity contribution in [3.63, 3.8) is 0 Å². The highest BCUT2D eigenvalue weighted by Gasteiger charge is 2.39. The van der Waals surface area contributed by atoms with E-state index in [-0.39, 0.29) is 0 Å². The molecule has 0 aromatic carbocycles. The summed E-state index contributed by atoms with van der Waals surface area (Å²) in [5, 5.41) is 12.7. The summed E-state index contributed by atoms with van der Waals surface area (Å²) in [4.78, 5) is 0. The van der Waals surface area contributed by atoms with Crippen LogP contribution < -0.4 is 5.32 Å². The first-order chi connectivity index (χ1) is 6.61. The number of hydrogen-bond acceptors (Lipinski definition) is 2. The minimum atomic E-state index is 0.369.